The van der Waals surface area contributed by atoms with Gasteiger partial charge in [-0.2, -0.15) is 0 Å². The maximum atomic E-state index is 12.2. The first-order valence-electron chi connectivity index (χ1n) is 6.15. The fraction of sp³-hybridized carbons (Fsp3) is 0.417. The average molecular weight is 331 g/mol. The topological polar surface area (TPSA) is 71.1 Å². The molecule has 0 radical (unpaired) electrons. The van der Waals surface area contributed by atoms with E-state index in [-0.39, 0.29) is 6.54 Å². The predicted octanol–water partition coefficient (Wildman–Crippen LogP) is 1.75. The Morgan fingerprint density at radius 3 is 2.80 bits per heavy atom. The summed E-state index contributed by atoms with van der Waals surface area (Å²) in [6, 6.07) is 3.52. The van der Waals surface area contributed by atoms with E-state index in [1.54, 1.807) is 6.07 Å². The first kappa shape index (κ1) is 15.6. The van der Waals surface area contributed by atoms with Gasteiger partial charge in [0, 0.05) is 10.3 Å². The molecule has 0 aliphatic heterocycles. The molecular formula is C12H17N3O2S3. The minimum absolute atomic E-state index is 0.233. The number of sulfonamides is 1. The van der Waals surface area contributed by atoms with Crippen molar-refractivity contribution < 1.29 is 8.42 Å². The summed E-state index contributed by atoms with van der Waals surface area (Å²) in [5.74, 6) is 0. The molecule has 2 aromatic rings. The molecule has 110 valence electrons. The maximum absolute atomic E-state index is 12.2. The van der Waals surface area contributed by atoms with Gasteiger partial charge in [-0.05, 0) is 39.1 Å². The molecule has 2 heterocycles. The summed E-state index contributed by atoms with van der Waals surface area (Å²) in [5.41, 5.74) is 0.753. The van der Waals surface area contributed by atoms with Crippen LogP contribution >= 0.6 is 22.7 Å². The second-order valence-electron chi connectivity index (χ2n) is 4.26. The van der Waals surface area contributed by atoms with E-state index in [1.165, 1.54) is 22.7 Å². The summed E-state index contributed by atoms with van der Waals surface area (Å²) in [6.07, 6.45) is 0.835. The van der Waals surface area contributed by atoms with Crippen molar-refractivity contribution in [1.29, 1.82) is 0 Å². The standard InChI is InChI=1S/C12H17N3O2S3/c1-9-15-10(8-18-9)7-14-20(16,17)12-4-3-11(19-12)5-6-13-2/h3-4,8,13-14H,5-7H2,1-2H3. The molecule has 2 N–H and O–H groups in total. The van der Waals surface area contributed by atoms with Crippen LogP contribution in [0.25, 0.3) is 0 Å². The lowest BCUT2D eigenvalue weighted by Crippen LogP contribution is -2.22. The molecule has 0 atom stereocenters. The first-order chi connectivity index (χ1) is 9.51. The first-order valence-corrected chi connectivity index (χ1v) is 9.33. The zero-order valence-corrected chi connectivity index (χ0v) is 13.8. The molecule has 0 unspecified atom stereocenters. The van der Waals surface area contributed by atoms with E-state index < -0.39 is 10.0 Å². The summed E-state index contributed by atoms with van der Waals surface area (Å²) < 4.78 is 27.3. The number of likely N-dealkylation sites (N-methyl/N-ethyl adjacent to an activating group) is 1. The van der Waals surface area contributed by atoms with Crippen LogP contribution in [-0.2, 0) is 23.0 Å². The molecule has 0 aliphatic carbocycles. The van der Waals surface area contributed by atoms with Crippen molar-refractivity contribution in [2.75, 3.05) is 13.6 Å². The summed E-state index contributed by atoms with van der Waals surface area (Å²) >= 11 is 2.83. The zero-order chi connectivity index (χ0) is 14.6. The summed E-state index contributed by atoms with van der Waals surface area (Å²) in [7, 11) is -1.56. The Labute approximate surface area is 127 Å². The molecule has 0 saturated heterocycles. The number of aromatic nitrogens is 1. The molecule has 2 aromatic heterocycles. The number of thiazole rings is 1. The third-order valence-electron chi connectivity index (χ3n) is 2.63. The fourth-order valence-electron chi connectivity index (χ4n) is 1.61. The van der Waals surface area contributed by atoms with Gasteiger partial charge in [0.25, 0.3) is 0 Å². The highest BCUT2D eigenvalue weighted by Crippen LogP contribution is 2.22. The molecule has 5 nitrogen and oxygen atoms in total. The Morgan fingerprint density at radius 1 is 1.35 bits per heavy atom. The smallest absolute Gasteiger partial charge is 0.250 e. The minimum atomic E-state index is -3.44. The molecule has 0 aliphatic rings. The highest BCUT2D eigenvalue weighted by molar-refractivity contribution is 7.91. The third-order valence-corrected chi connectivity index (χ3v) is 6.49. The molecule has 0 amide bonds. The van der Waals surface area contributed by atoms with E-state index in [1.807, 2.05) is 25.4 Å². The average Bonchev–Trinajstić information content (AvgIpc) is 3.03. The van der Waals surface area contributed by atoms with Crippen LogP contribution in [0.2, 0.25) is 0 Å². The van der Waals surface area contributed by atoms with E-state index >= 15 is 0 Å². The number of rotatable bonds is 7. The molecule has 8 heteroatoms. The molecule has 2 rings (SSSR count). The molecule has 0 bridgehead atoms. The quantitative estimate of drug-likeness (QED) is 0.811. The van der Waals surface area contributed by atoms with E-state index in [0.717, 1.165) is 28.5 Å². The predicted molar refractivity (Wildman–Crippen MR) is 82.8 cm³/mol. The number of hydrogen-bond acceptors (Lipinski definition) is 6. The largest absolute Gasteiger partial charge is 0.319 e. The van der Waals surface area contributed by atoms with Gasteiger partial charge in [0.05, 0.1) is 17.2 Å². The van der Waals surface area contributed by atoms with Gasteiger partial charge < -0.3 is 5.32 Å². The van der Waals surface area contributed by atoms with Crippen molar-refractivity contribution in [3.8, 4) is 0 Å². The van der Waals surface area contributed by atoms with Gasteiger partial charge in [-0.25, -0.2) is 18.1 Å². The monoisotopic (exact) mass is 331 g/mol. The molecule has 0 spiro atoms. The number of nitrogens with one attached hydrogen (secondary N) is 2. The lowest BCUT2D eigenvalue weighted by Gasteiger charge is -2.02. The maximum Gasteiger partial charge on any atom is 0.250 e. The number of nitrogens with zero attached hydrogens (tertiary/aromatic N) is 1. The number of aryl methyl sites for hydroxylation is 1. The summed E-state index contributed by atoms with van der Waals surface area (Å²) in [5, 5.41) is 5.85. The van der Waals surface area contributed by atoms with E-state index in [2.05, 4.69) is 15.0 Å². The Balaban J connectivity index is 2.00. The van der Waals surface area contributed by atoms with Crippen molar-refractivity contribution in [3.05, 3.63) is 33.1 Å². The van der Waals surface area contributed by atoms with Crippen LogP contribution in [-0.4, -0.2) is 27.0 Å². The normalized spacial score (nSPS) is 11.9. The van der Waals surface area contributed by atoms with Crippen LogP contribution in [0.5, 0.6) is 0 Å². The molecular weight excluding hydrogens is 314 g/mol. The van der Waals surface area contributed by atoms with Crippen LogP contribution in [0, 0.1) is 6.92 Å². The van der Waals surface area contributed by atoms with Crippen LogP contribution in [0.15, 0.2) is 21.7 Å². The molecule has 0 fully saturated rings. The Hall–Kier alpha value is -0.800. The van der Waals surface area contributed by atoms with Gasteiger partial charge in [0.1, 0.15) is 4.21 Å². The lowest BCUT2D eigenvalue weighted by molar-refractivity contribution is 0.582. The Morgan fingerprint density at radius 2 is 2.15 bits per heavy atom. The van der Waals surface area contributed by atoms with Crippen LogP contribution in [0.4, 0.5) is 0 Å². The zero-order valence-electron chi connectivity index (χ0n) is 11.3. The fourth-order valence-corrected chi connectivity index (χ4v) is 4.63. The Bertz CT molecular complexity index is 661. The van der Waals surface area contributed by atoms with Crippen molar-refractivity contribution in [1.82, 2.24) is 15.0 Å². The van der Waals surface area contributed by atoms with Gasteiger partial charge in [0.2, 0.25) is 10.0 Å². The second kappa shape index (κ2) is 6.77. The van der Waals surface area contributed by atoms with Crippen molar-refractivity contribution in [2.24, 2.45) is 0 Å². The van der Waals surface area contributed by atoms with Gasteiger partial charge in [0.15, 0.2) is 0 Å². The SMILES string of the molecule is CNCCc1ccc(S(=O)(=O)NCc2csc(C)n2)s1. The van der Waals surface area contributed by atoms with Gasteiger partial charge >= 0.3 is 0 Å². The molecule has 0 saturated carbocycles. The Kier molecular flexibility index (Phi) is 5.28. The van der Waals surface area contributed by atoms with Crippen molar-refractivity contribution in [2.45, 2.75) is 24.1 Å². The van der Waals surface area contributed by atoms with E-state index in [0.29, 0.717) is 4.21 Å². The van der Waals surface area contributed by atoms with Crippen molar-refractivity contribution >= 4 is 32.7 Å². The third kappa shape index (κ3) is 4.10. The van der Waals surface area contributed by atoms with E-state index in [4.69, 9.17) is 0 Å². The molecule has 0 aromatic carbocycles. The van der Waals surface area contributed by atoms with E-state index in [9.17, 15) is 8.42 Å². The van der Waals surface area contributed by atoms with Gasteiger partial charge in [-0.1, -0.05) is 0 Å². The van der Waals surface area contributed by atoms with Gasteiger partial charge in [-0.3, -0.25) is 0 Å². The highest BCUT2D eigenvalue weighted by Gasteiger charge is 2.16. The van der Waals surface area contributed by atoms with Crippen LogP contribution in [0.3, 0.4) is 0 Å². The summed E-state index contributed by atoms with van der Waals surface area (Å²) in [4.78, 5) is 5.30. The lowest BCUT2D eigenvalue weighted by atomic mass is 10.3. The van der Waals surface area contributed by atoms with Gasteiger partial charge in [-0.15, -0.1) is 22.7 Å². The number of thiophene rings is 1. The van der Waals surface area contributed by atoms with Crippen LogP contribution in [0.1, 0.15) is 15.6 Å². The number of hydrogen-bond donors (Lipinski definition) is 2. The van der Waals surface area contributed by atoms with Crippen LogP contribution < -0.4 is 10.0 Å². The molecule has 20 heavy (non-hydrogen) atoms. The second-order valence-corrected chi connectivity index (χ2v) is 8.48. The highest BCUT2D eigenvalue weighted by atomic mass is 32.2. The minimum Gasteiger partial charge on any atom is -0.319 e. The summed E-state index contributed by atoms with van der Waals surface area (Å²) in [6.45, 7) is 2.97. The van der Waals surface area contributed by atoms with Crippen molar-refractivity contribution in [3.63, 3.8) is 0 Å².